The van der Waals surface area contributed by atoms with E-state index in [4.69, 9.17) is 4.74 Å². The third-order valence-electron chi connectivity index (χ3n) is 3.81. The van der Waals surface area contributed by atoms with E-state index >= 15 is 0 Å². The number of methoxy groups -OCH3 is 1. The molecule has 2 aromatic carbocycles. The lowest BCUT2D eigenvalue weighted by atomic mass is 10.1. The molecule has 0 fully saturated rings. The second kappa shape index (κ2) is 7.05. The maximum absolute atomic E-state index is 5.45. The fraction of sp³-hybridized carbons (Fsp3) is 0.278. The normalized spacial score (nSPS) is 10.8. The summed E-state index contributed by atoms with van der Waals surface area (Å²) < 4.78 is 7.24. The molecule has 0 aliphatic rings. The van der Waals surface area contributed by atoms with E-state index in [1.54, 1.807) is 23.6 Å². The summed E-state index contributed by atoms with van der Waals surface area (Å²) in [7, 11) is 1.69. The molecule has 6 heteroatoms. The van der Waals surface area contributed by atoms with Crippen LogP contribution in [0.15, 0.2) is 41.6 Å². The van der Waals surface area contributed by atoms with Crippen LogP contribution in [-0.2, 0) is 5.75 Å². The topological polar surface area (TPSA) is 52.8 Å². The van der Waals surface area contributed by atoms with Gasteiger partial charge >= 0.3 is 0 Å². The molecular weight excluding hydrogens is 320 g/mol. The first-order chi connectivity index (χ1) is 11.6. The van der Waals surface area contributed by atoms with Gasteiger partial charge < -0.3 is 4.74 Å². The predicted octanol–water partition coefficient (Wildman–Crippen LogP) is 3.89. The van der Waals surface area contributed by atoms with Crippen LogP contribution in [-0.4, -0.2) is 27.3 Å². The van der Waals surface area contributed by atoms with E-state index in [9.17, 15) is 0 Å². The highest BCUT2D eigenvalue weighted by Gasteiger charge is 2.13. The molecule has 3 rings (SSSR count). The second-order valence-electron chi connectivity index (χ2n) is 5.77. The maximum atomic E-state index is 5.45. The Hall–Kier alpha value is -2.34. The summed E-state index contributed by atoms with van der Waals surface area (Å²) in [4.78, 5) is 0. The Morgan fingerprint density at radius 3 is 2.54 bits per heavy atom. The van der Waals surface area contributed by atoms with E-state index in [1.807, 2.05) is 12.1 Å². The van der Waals surface area contributed by atoms with Crippen LogP contribution in [0.4, 0.5) is 0 Å². The highest BCUT2D eigenvalue weighted by molar-refractivity contribution is 7.98. The SMILES string of the molecule is COc1ccc(C)cc1CSc1nnnn1-c1ccc(C)cc1C. The first-order valence-corrected chi connectivity index (χ1v) is 8.69. The van der Waals surface area contributed by atoms with Gasteiger partial charge in [-0.05, 0) is 48.9 Å². The van der Waals surface area contributed by atoms with E-state index < -0.39 is 0 Å². The van der Waals surface area contributed by atoms with Crippen molar-refractivity contribution >= 4 is 11.8 Å². The molecular formula is C18H20N4OS. The zero-order chi connectivity index (χ0) is 17.1. The smallest absolute Gasteiger partial charge is 0.214 e. The fourth-order valence-electron chi connectivity index (χ4n) is 2.63. The molecule has 0 saturated carbocycles. The molecule has 0 amide bonds. The van der Waals surface area contributed by atoms with Gasteiger partial charge in [0.05, 0.1) is 12.8 Å². The van der Waals surface area contributed by atoms with Crippen LogP contribution in [0.3, 0.4) is 0 Å². The lowest BCUT2D eigenvalue weighted by Crippen LogP contribution is -2.02. The van der Waals surface area contributed by atoms with Crippen LogP contribution < -0.4 is 4.74 Å². The van der Waals surface area contributed by atoms with Gasteiger partial charge in [0.2, 0.25) is 5.16 Å². The molecule has 124 valence electrons. The molecule has 1 heterocycles. The van der Waals surface area contributed by atoms with Crippen LogP contribution in [0.25, 0.3) is 5.69 Å². The van der Waals surface area contributed by atoms with Gasteiger partial charge in [-0.25, -0.2) is 0 Å². The van der Waals surface area contributed by atoms with Crippen molar-refractivity contribution in [2.24, 2.45) is 0 Å². The monoisotopic (exact) mass is 340 g/mol. The summed E-state index contributed by atoms with van der Waals surface area (Å²) in [5.74, 6) is 1.63. The third kappa shape index (κ3) is 3.43. The van der Waals surface area contributed by atoms with Crippen molar-refractivity contribution in [2.45, 2.75) is 31.7 Å². The molecule has 0 radical (unpaired) electrons. The molecule has 0 unspecified atom stereocenters. The third-order valence-corrected chi connectivity index (χ3v) is 4.78. The van der Waals surface area contributed by atoms with Gasteiger partial charge in [-0.2, -0.15) is 4.68 Å². The minimum atomic E-state index is 0.746. The Kier molecular flexibility index (Phi) is 4.85. The summed E-state index contributed by atoms with van der Waals surface area (Å²) in [6.45, 7) is 6.23. The van der Waals surface area contributed by atoms with Gasteiger partial charge in [0.15, 0.2) is 0 Å². The van der Waals surface area contributed by atoms with Crippen LogP contribution in [0.5, 0.6) is 5.75 Å². The summed E-state index contributed by atoms with van der Waals surface area (Å²) in [5.41, 5.74) is 5.72. The van der Waals surface area contributed by atoms with Crippen molar-refractivity contribution in [1.29, 1.82) is 0 Å². The van der Waals surface area contributed by atoms with Crippen molar-refractivity contribution in [2.75, 3.05) is 7.11 Å². The standard InChI is InChI=1S/C18H20N4OS/c1-12-5-7-16(14(3)9-12)22-18(19-20-21-22)24-11-15-10-13(2)6-8-17(15)23-4/h5-10H,11H2,1-4H3. The van der Waals surface area contributed by atoms with Crippen molar-refractivity contribution in [3.63, 3.8) is 0 Å². The Labute approximate surface area is 146 Å². The molecule has 3 aromatic rings. The number of nitrogens with zero attached hydrogens (tertiary/aromatic N) is 4. The van der Waals surface area contributed by atoms with E-state index in [0.717, 1.165) is 33.5 Å². The quantitative estimate of drug-likeness (QED) is 0.660. The van der Waals surface area contributed by atoms with Gasteiger partial charge in [-0.15, -0.1) is 5.10 Å². The largest absolute Gasteiger partial charge is 0.496 e. The molecule has 1 aromatic heterocycles. The van der Waals surface area contributed by atoms with E-state index in [2.05, 4.69) is 60.6 Å². The van der Waals surface area contributed by atoms with Gasteiger partial charge in [0, 0.05) is 11.3 Å². The number of hydrogen-bond donors (Lipinski definition) is 0. The first-order valence-electron chi connectivity index (χ1n) is 7.71. The van der Waals surface area contributed by atoms with E-state index in [0.29, 0.717) is 0 Å². The second-order valence-corrected chi connectivity index (χ2v) is 6.71. The van der Waals surface area contributed by atoms with Crippen molar-refractivity contribution in [3.8, 4) is 11.4 Å². The molecule has 0 saturated heterocycles. The lowest BCUT2D eigenvalue weighted by molar-refractivity contribution is 0.411. The van der Waals surface area contributed by atoms with Gasteiger partial charge in [0.25, 0.3) is 0 Å². The van der Waals surface area contributed by atoms with Crippen LogP contribution in [0.1, 0.15) is 22.3 Å². The van der Waals surface area contributed by atoms with E-state index in [1.165, 1.54) is 11.1 Å². The van der Waals surface area contributed by atoms with Gasteiger partial charge in [-0.3, -0.25) is 0 Å². The number of benzene rings is 2. The van der Waals surface area contributed by atoms with Crippen molar-refractivity contribution in [3.05, 3.63) is 58.7 Å². The molecule has 0 atom stereocenters. The first kappa shape index (κ1) is 16.5. The average molecular weight is 340 g/mol. The molecule has 0 spiro atoms. The highest BCUT2D eigenvalue weighted by Crippen LogP contribution is 2.29. The Bertz CT molecular complexity index is 860. The summed E-state index contributed by atoms with van der Waals surface area (Å²) in [6.07, 6.45) is 0. The highest BCUT2D eigenvalue weighted by atomic mass is 32.2. The predicted molar refractivity (Wildman–Crippen MR) is 95.9 cm³/mol. The molecule has 24 heavy (non-hydrogen) atoms. The van der Waals surface area contributed by atoms with E-state index in [-0.39, 0.29) is 0 Å². The van der Waals surface area contributed by atoms with Crippen LogP contribution >= 0.6 is 11.8 Å². The maximum Gasteiger partial charge on any atom is 0.214 e. The summed E-state index contributed by atoms with van der Waals surface area (Å²) in [5, 5.41) is 12.9. The molecule has 0 bridgehead atoms. The molecule has 0 N–H and O–H groups in total. The number of thioether (sulfide) groups is 1. The molecule has 0 aliphatic carbocycles. The Morgan fingerprint density at radius 2 is 1.79 bits per heavy atom. The number of tetrazole rings is 1. The number of hydrogen-bond acceptors (Lipinski definition) is 5. The minimum absolute atomic E-state index is 0.746. The van der Waals surface area contributed by atoms with Crippen LogP contribution in [0, 0.1) is 20.8 Å². The lowest BCUT2D eigenvalue weighted by Gasteiger charge is -2.10. The molecule has 0 aliphatic heterocycles. The fourth-order valence-corrected chi connectivity index (χ4v) is 3.49. The Morgan fingerprint density at radius 1 is 1.04 bits per heavy atom. The van der Waals surface area contributed by atoms with Gasteiger partial charge in [0.1, 0.15) is 5.75 Å². The summed E-state index contributed by atoms with van der Waals surface area (Å²) in [6, 6.07) is 12.4. The molecule has 5 nitrogen and oxygen atoms in total. The minimum Gasteiger partial charge on any atom is -0.496 e. The summed E-state index contributed by atoms with van der Waals surface area (Å²) >= 11 is 1.60. The van der Waals surface area contributed by atoms with Gasteiger partial charge in [-0.1, -0.05) is 47.2 Å². The zero-order valence-corrected chi connectivity index (χ0v) is 15.1. The number of rotatable bonds is 5. The number of ether oxygens (including phenoxy) is 1. The van der Waals surface area contributed by atoms with Crippen LogP contribution in [0.2, 0.25) is 0 Å². The average Bonchev–Trinajstić information content (AvgIpc) is 3.01. The number of aromatic nitrogens is 4. The van der Waals surface area contributed by atoms with Crippen molar-refractivity contribution < 1.29 is 4.74 Å². The zero-order valence-electron chi connectivity index (χ0n) is 14.3. The number of aryl methyl sites for hydroxylation is 3. The Balaban J connectivity index is 1.85. The van der Waals surface area contributed by atoms with Crippen molar-refractivity contribution in [1.82, 2.24) is 20.2 Å².